The molecule has 0 spiro atoms. The number of aryl methyl sites for hydroxylation is 2. The summed E-state index contributed by atoms with van der Waals surface area (Å²) in [6.45, 7) is 10.9. The molecule has 8 heteroatoms. The number of anilines is 2. The van der Waals surface area contributed by atoms with E-state index < -0.39 is 10.0 Å². The summed E-state index contributed by atoms with van der Waals surface area (Å²) >= 11 is 0. The number of sulfonamides is 1. The first-order valence-electron chi connectivity index (χ1n) is 9.02. The highest BCUT2D eigenvalue weighted by Gasteiger charge is 2.22. The lowest BCUT2D eigenvalue weighted by molar-refractivity contribution is 0.258. The molecular formula is C18H27N5O2S. The Morgan fingerprint density at radius 1 is 1.12 bits per heavy atom. The van der Waals surface area contributed by atoms with Crippen molar-refractivity contribution in [3.8, 4) is 0 Å². The van der Waals surface area contributed by atoms with Gasteiger partial charge >= 0.3 is 0 Å². The predicted octanol–water partition coefficient (Wildman–Crippen LogP) is 2.36. The molecule has 0 unspecified atom stereocenters. The van der Waals surface area contributed by atoms with Gasteiger partial charge < -0.3 is 4.90 Å². The van der Waals surface area contributed by atoms with Gasteiger partial charge in [-0.2, -0.15) is 5.10 Å². The fraction of sp³-hybridized carbons (Fsp3) is 0.500. The van der Waals surface area contributed by atoms with Crippen molar-refractivity contribution >= 4 is 21.4 Å². The Morgan fingerprint density at radius 2 is 1.77 bits per heavy atom. The third kappa shape index (κ3) is 4.02. The first-order chi connectivity index (χ1) is 12.4. The quantitative estimate of drug-likeness (QED) is 0.808. The number of hydrogen-bond donors (Lipinski definition) is 2. The van der Waals surface area contributed by atoms with E-state index in [4.69, 9.17) is 0 Å². The van der Waals surface area contributed by atoms with Crippen molar-refractivity contribution in [3.05, 3.63) is 35.7 Å². The average Bonchev–Trinajstić information content (AvgIpc) is 2.96. The largest absolute Gasteiger partial charge is 0.369 e. The van der Waals surface area contributed by atoms with Gasteiger partial charge in [0, 0.05) is 37.6 Å². The molecule has 0 atom stereocenters. The summed E-state index contributed by atoms with van der Waals surface area (Å²) in [5.74, 6) is 0. The number of aromatic amines is 1. The van der Waals surface area contributed by atoms with E-state index >= 15 is 0 Å². The summed E-state index contributed by atoms with van der Waals surface area (Å²) in [5.41, 5.74) is 2.69. The van der Waals surface area contributed by atoms with E-state index in [-0.39, 0.29) is 4.90 Å². The van der Waals surface area contributed by atoms with E-state index in [1.54, 1.807) is 13.8 Å². The monoisotopic (exact) mass is 377 g/mol. The fourth-order valence-electron chi connectivity index (χ4n) is 3.43. The zero-order valence-corrected chi connectivity index (χ0v) is 16.4. The van der Waals surface area contributed by atoms with Gasteiger partial charge in [-0.15, -0.1) is 0 Å². The molecule has 142 valence electrons. The van der Waals surface area contributed by atoms with Gasteiger partial charge in [0.05, 0.1) is 11.4 Å². The highest BCUT2D eigenvalue weighted by molar-refractivity contribution is 7.92. The van der Waals surface area contributed by atoms with Gasteiger partial charge in [0.15, 0.2) is 0 Å². The van der Waals surface area contributed by atoms with Crippen LogP contribution in [0.4, 0.5) is 11.4 Å². The van der Waals surface area contributed by atoms with Crippen molar-refractivity contribution in [2.75, 3.05) is 42.3 Å². The molecule has 0 radical (unpaired) electrons. The Morgan fingerprint density at radius 3 is 2.31 bits per heavy atom. The number of nitrogens with zero attached hydrogens (tertiary/aromatic N) is 3. The van der Waals surface area contributed by atoms with E-state index in [1.165, 1.54) is 6.42 Å². The third-order valence-electron chi connectivity index (χ3n) is 4.73. The zero-order valence-electron chi connectivity index (χ0n) is 15.6. The molecule has 1 aliphatic rings. The van der Waals surface area contributed by atoms with Crippen molar-refractivity contribution in [2.45, 2.75) is 32.1 Å². The molecule has 26 heavy (non-hydrogen) atoms. The summed E-state index contributed by atoms with van der Waals surface area (Å²) in [6.07, 6.45) is 1.18. The molecule has 0 bridgehead atoms. The molecule has 0 amide bonds. The van der Waals surface area contributed by atoms with E-state index in [1.807, 2.05) is 24.3 Å². The van der Waals surface area contributed by atoms with Crippen LogP contribution in [0.2, 0.25) is 0 Å². The van der Waals surface area contributed by atoms with E-state index in [0.717, 1.165) is 38.4 Å². The second-order valence-corrected chi connectivity index (χ2v) is 8.36. The topological polar surface area (TPSA) is 81.3 Å². The van der Waals surface area contributed by atoms with Crippen LogP contribution in [0.15, 0.2) is 29.2 Å². The average molecular weight is 378 g/mol. The van der Waals surface area contributed by atoms with Crippen LogP contribution in [0.5, 0.6) is 0 Å². The van der Waals surface area contributed by atoms with Crippen LogP contribution in [-0.4, -0.2) is 56.2 Å². The Hall–Kier alpha value is -2.06. The van der Waals surface area contributed by atoms with Crippen molar-refractivity contribution in [1.29, 1.82) is 0 Å². The first-order valence-corrected chi connectivity index (χ1v) is 10.5. The first kappa shape index (κ1) is 18.7. The number of hydrogen-bond acceptors (Lipinski definition) is 5. The molecule has 2 N–H and O–H groups in total. The Bertz CT molecular complexity index is 817. The van der Waals surface area contributed by atoms with Gasteiger partial charge in [-0.1, -0.05) is 6.92 Å². The second kappa shape index (κ2) is 7.67. The number of benzene rings is 1. The number of aromatic nitrogens is 2. The lowest BCUT2D eigenvalue weighted by Gasteiger charge is -2.36. The SMILES string of the molecule is CCCN1CCN(c2ccc(NS(=O)(=O)c3c(C)n[nH]c3C)cc2)CC1. The van der Waals surface area contributed by atoms with Crippen molar-refractivity contribution in [3.63, 3.8) is 0 Å². The molecule has 1 fully saturated rings. The lowest BCUT2D eigenvalue weighted by Crippen LogP contribution is -2.46. The van der Waals surface area contributed by atoms with Crippen molar-refractivity contribution in [2.24, 2.45) is 0 Å². The minimum Gasteiger partial charge on any atom is -0.369 e. The van der Waals surface area contributed by atoms with Gasteiger partial charge in [0.2, 0.25) is 0 Å². The van der Waals surface area contributed by atoms with Crippen LogP contribution in [-0.2, 0) is 10.0 Å². The van der Waals surface area contributed by atoms with Crippen LogP contribution in [0.3, 0.4) is 0 Å². The van der Waals surface area contributed by atoms with Crippen LogP contribution in [0.1, 0.15) is 24.7 Å². The third-order valence-corrected chi connectivity index (χ3v) is 6.37. The van der Waals surface area contributed by atoms with E-state index in [9.17, 15) is 8.42 Å². The van der Waals surface area contributed by atoms with Gasteiger partial charge in [-0.3, -0.25) is 14.7 Å². The normalized spacial score (nSPS) is 16.0. The molecule has 2 heterocycles. The lowest BCUT2D eigenvalue weighted by atomic mass is 10.2. The summed E-state index contributed by atoms with van der Waals surface area (Å²) in [4.78, 5) is 5.04. The second-order valence-electron chi connectivity index (χ2n) is 6.74. The van der Waals surface area contributed by atoms with Crippen LogP contribution >= 0.6 is 0 Å². The maximum absolute atomic E-state index is 12.6. The zero-order chi connectivity index (χ0) is 18.7. The molecule has 2 aromatic rings. The molecular weight excluding hydrogens is 350 g/mol. The minimum absolute atomic E-state index is 0.216. The molecule has 3 rings (SSSR count). The molecule has 0 aliphatic carbocycles. The molecule has 7 nitrogen and oxygen atoms in total. The van der Waals surface area contributed by atoms with E-state index in [0.29, 0.717) is 17.1 Å². The maximum atomic E-state index is 12.6. The van der Waals surface area contributed by atoms with E-state index in [2.05, 4.69) is 31.6 Å². The molecule has 1 saturated heterocycles. The molecule has 0 saturated carbocycles. The smallest absolute Gasteiger partial charge is 0.265 e. The summed E-state index contributed by atoms with van der Waals surface area (Å²) in [6, 6.07) is 7.58. The Kier molecular flexibility index (Phi) is 5.52. The van der Waals surface area contributed by atoms with Gasteiger partial charge in [0.1, 0.15) is 4.90 Å². The Balaban J connectivity index is 1.67. The summed E-state index contributed by atoms with van der Waals surface area (Å²) in [5, 5.41) is 6.68. The van der Waals surface area contributed by atoms with Crippen LogP contribution < -0.4 is 9.62 Å². The standard InChI is InChI=1S/C18H27N5O2S/c1-4-9-22-10-12-23(13-11-22)17-7-5-16(6-8-17)21-26(24,25)18-14(2)19-20-15(18)3/h5-8,21H,4,9-13H2,1-3H3,(H,19,20). The molecule has 1 aromatic carbocycles. The minimum atomic E-state index is -3.65. The number of H-pyrrole nitrogens is 1. The fourth-order valence-corrected chi connectivity index (χ4v) is 4.86. The van der Waals surface area contributed by atoms with Gasteiger partial charge in [-0.05, 0) is 51.1 Å². The predicted molar refractivity (Wildman–Crippen MR) is 104 cm³/mol. The molecule has 1 aromatic heterocycles. The Labute approximate surface area is 155 Å². The number of piperazine rings is 1. The summed E-state index contributed by atoms with van der Waals surface area (Å²) < 4.78 is 27.8. The van der Waals surface area contributed by atoms with Crippen LogP contribution in [0, 0.1) is 13.8 Å². The number of nitrogens with one attached hydrogen (secondary N) is 2. The highest BCUT2D eigenvalue weighted by atomic mass is 32.2. The maximum Gasteiger partial charge on any atom is 0.265 e. The summed E-state index contributed by atoms with van der Waals surface area (Å²) in [7, 11) is -3.65. The number of rotatable bonds is 6. The molecule has 1 aliphatic heterocycles. The van der Waals surface area contributed by atoms with Crippen molar-refractivity contribution < 1.29 is 8.42 Å². The van der Waals surface area contributed by atoms with Gasteiger partial charge in [-0.25, -0.2) is 8.42 Å². The van der Waals surface area contributed by atoms with Crippen molar-refractivity contribution in [1.82, 2.24) is 15.1 Å². The van der Waals surface area contributed by atoms with Gasteiger partial charge in [0.25, 0.3) is 10.0 Å². The highest BCUT2D eigenvalue weighted by Crippen LogP contribution is 2.23. The van der Waals surface area contributed by atoms with Crippen LogP contribution in [0.25, 0.3) is 0 Å².